The van der Waals surface area contributed by atoms with Gasteiger partial charge < -0.3 is 15.8 Å². The molecule has 0 aromatic heterocycles. The Bertz CT molecular complexity index is 786. The molecule has 1 aliphatic rings. The van der Waals surface area contributed by atoms with Crippen LogP contribution < -0.4 is 11.1 Å². The molecule has 132 valence electrons. The molecule has 9 heteroatoms. The van der Waals surface area contributed by atoms with Crippen LogP contribution in [0.4, 0.5) is 5.69 Å². The van der Waals surface area contributed by atoms with Crippen molar-refractivity contribution < 1.29 is 24.0 Å². The standard InChI is InChI=1S/C16H17N3O6/c1-3-25-16(22)11-8(2)18-15(21)13(14(17)20)12(11)9-6-4-5-7-10(9)19(23)24/h4-7,12-13H,3H2,1-2H3,(H2,17,20)(H,18,21). The summed E-state index contributed by atoms with van der Waals surface area (Å²) < 4.78 is 5.00. The number of para-hydroxylation sites is 1. The van der Waals surface area contributed by atoms with Crippen LogP contribution >= 0.6 is 0 Å². The summed E-state index contributed by atoms with van der Waals surface area (Å²) in [5, 5.41) is 13.8. The van der Waals surface area contributed by atoms with Crippen LogP contribution in [0.5, 0.6) is 0 Å². The van der Waals surface area contributed by atoms with E-state index in [1.165, 1.54) is 31.2 Å². The maximum atomic E-state index is 12.4. The second kappa shape index (κ2) is 7.12. The number of allylic oxidation sites excluding steroid dienone is 1. The second-order valence-electron chi connectivity index (χ2n) is 5.42. The average molecular weight is 347 g/mol. The molecule has 0 bridgehead atoms. The van der Waals surface area contributed by atoms with E-state index in [4.69, 9.17) is 10.5 Å². The number of esters is 1. The molecule has 2 rings (SSSR count). The fourth-order valence-corrected chi connectivity index (χ4v) is 2.92. The van der Waals surface area contributed by atoms with E-state index in [0.717, 1.165) is 0 Å². The largest absolute Gasteiger partial charge is 0.463 e. The maximum absolute atomic E-state index is 12.4. The summed E-state index contributed by atoms with van der Waals surface area (Å²) in [4.78, 5) is 47.3. The molecule has 0 saturated heterocycles. The number of hydrogen-bond acceptors (Lipinski definition) is 6. The number of nitrogens with zero attached hydrogens (tertiary/aromatic N) is 1. The molecule has 0 spiro atoms. The van der Waals surface area contributed by atoms with Crippen LogP contribution in [-0.4, -0.2) is 29.3 Å². The molecule has 0 saturated carbocycles. The highest BCUT2D eigenvalue weighted by atomic mass is 16.6. The highest BCUT2D eigenvalue weighted by Gasteiger charge is 2.46. The Labute approximate surface area is 143 Å². The number of ether oxygens (including phenoxy) is 1. The lowest BCUT2D eigenvalue weighted by Crippen LogP contribution is -2.47. The molecule has 0 radical (unpaired) electrons. The van der Waals surface area contributed by atoms with E-state index in [-0.39, 0.29) is 29.1 Å². The van der Waals surface area contributed by atoms with E-state index in [1.54, 1.807) is 6.92 Å². The number of nitro benzene ring substituents is 1. The molecule has 2 atom stereocenters. The molecule has 9 nitrogen and oxygen atoms in total. The van der Waals surface area contributed by atoms with E-state index in [1.807, 2.05) is 0 Å². The Morgan fingerprint density at radius 1 is 1.36 bits per heavy atom. The van der Waals surface area contributed by atoms with Crippen molar-refractivity contribution in [3.63, 3.8) is 0 Å². The smallest absolute Gasteiger partial charge is 0.336 e. The molecule has 1 aromatic rings. The van der Waals surface area contributed by atoms with Gasteiger partial charge in [0.1, 0.15) is 5.92 Å². The third-order valence-corrected chi connectivity index (χ3v) is 3.91. The number of rotatable bonds is 5. The maximum Gasteiger partial charge on any atom is 0.336 e. The average Bonchev–Trinajstić information content (AvgIpc) is 2.53. The summed E-state index contributed by atoms with van der Waals surface area (Å²) in [5.74, 6) is -5.15. The van der Waals surface area contributed by atoms with Gasteiger partial charge in [0.15, 0.2) is 0 Å². The molecule has 0 fully saturated rings. The van der Waals surface area contributed by atoms with Crippen LogP contribution in [-0.2, 0) is 19.1 Å². The number of nitrogens with one attached hydrogen (secondary N) is 1. The minimum absolute atomic E-state index is 0.0282. The molecule has 1 heterocycles. The fraction of sp³-hybridized carbons (Fsp3) is 0.312. The van der Waals surface area contributed by atoms with Crippen LogP contribution in [0.15, 0.2) is 35.5 Å². The predicted octanol–water partition coefficient (Wildman–Crippen LogP) is 0.747. The molecule has 1 aromatic carbocycles. The van der Waals surface area contributed by atoms with Crippen LogP contribution in [0.3, 0.4) is 0 Å². The highest BCUT2D eigenvalue weighted by molar-refractivity contribution is 6.06. The number of carbonyl (C=O) groups excluding carboxylic acids is 3. The van der Waals surface area contributed by atoms with Gasteiger partial charge in [-0.05, 0) is 13.8 Å². The van der Waals surface area contributed by atoms with Crippen LogP contribution in [0.25, 0.3) is 0 Å². The van der Waals surface area contributed by atoms with Crippen LogP contribution in [0, 0.1) is 16.0 Å². The van der Waals surface area contributed by atoms with Crippen molar-refractivity contribution in [3.8, 4) is 0 Å². The normalized spacial score (nSPS) is 20.0. The number of nitro groups is 1. The zero-order valence-electron chi connectivity index (χ0n) is 13.6. The SMILES string of the molecule is CCOC(=O)C1=C(C)NC(=O)C(C(N)=O)C1c1ccccc1[N+](=O)[O-]. The van der Waals surface area contributed by atoms with E-state index in [0.29, 0.717) is 0 Å². The number of carbonyl (C=O) groups is 3. The minimum Gasteiger partial charge on any atom is -0.463 e. The van der Waals surface area contributed by atoms with Gasteiger partial charge in [0.2, 0.25) is 11.8 Å². The van der Waals surface area contributed by atoms with Crippen molar-refractivity contribution in [3.05, 3.63) is 51.2 Å². The molecule has 1 aliphatic heterocycles. The zero-order chi connectivity index (χ0) is 18.7. The van der Waals surface area contributed by atoms with E-state index >= 15 is 0 Å². The minimum atomic E-state index is -1.47. The lowest BCUT2D eigenvalue weighted by molar-refractivity contribution is -0.385. The monoisotopic (exact) mass is 347 g/mol. The van der Waals surface area contributed by atoms with Crippen LogP contribution in [0.2, 0.25) is 0 Å². The lowest BCUT2D eigenvalue weighted by Gasteiger charge is -2.31. The quantitative estimate of drug-likeness (QED) is 0.348. The van der Waals surface area contributed by atoms with Crippen molar-refractivity contribution in [2.45, 2.75) is 19.8 Å². The number of nitrogens with two attached hydrogens (primary N) is 1. The lowest BCUT2D eigenvalue weighted by atomic mass is 9.76. The Morgan fingerprint density at radius 2 is 2.00 bits per heavy atom. The van der Waals surface area contributed by atoms with Gasteiger partial charge in [0.25, 0.3) is 5.69 Å². The van der Waals surface area contributed by atoms with Gasteiger partial charge in [-0.3, -0.25) is 19.7 Å². The first-order valence-electron chi connectivity index (χ1n) is 7.51. The van der Waals surface area contributed by atoms with Crippen molar-refractivity contribution in [1.82, 2.24) is 5.32 Å². The van der Waals surface area contributed by atoms with E-state index in [9.17, 15) is 24.5 Å². The Kier molecular flexibility index (Phi) is 5.16. The van der Waals surface area contributed by atoms with Gasteiger partial charge in [-0.2, -0.15) is 0 Å². The molecule has 25 heavy (non-hydrogen) atoms. The third-order valence-electron chi connectivity index (χ3n) is 3.91. The first kappa shape index (κ1) is 18.1. The van der Waals surface area contributed by atoms with E-state index < -0.39 is 34.5 Å². The molecule has 2 amide bonds. The molecule has 3 N–H and O–H groups in total. The van der Waals surface area contributed by atoms with Gasteiger partial charge in [-0.15, -0.1) is 0 Å². The van der Waals surface area contributed by atoms with Crippen LogP contribution in [0.1, 0.15) is 25.3 Å². The van der Waals surface area contributed by atoms with Gasteiger partial charge in [0.05, 0.1) is 17.1 Å². The molecular weight excluding hydrogens is 330 g/mol. The molecule has 0 aliphatic carbocycles. The van der Waals surface area contributed by atoms with Crippen molar-refractivity contribution >= 4 is 23.5 Å². The predicted molar refractivity (Wildman–Crippen MR) is 86.0 cm³/mol. The number of hydrogen-bond donors (Lipinski definition) is 2. The number of amides is 2. The van der Waals surface area contributed by atoms with Crippen molar-refractivity contribution in [2.24, 2.45) is 11.7 Å². The van der Waals surface area contributed by atoms with Crippen molar-refractivity contribution in [2.75, 3.05) is 6.61 Å². The zero-order valence-corrected chi connectivity index (χ0v) is 13.6. The first-order chi connectivity index (χ1) is 11.8. The first-order valence-corrected chi connectivity index (χ1v) is 7.51. The van der Waals surface area contributed by atoms with Gasteiger partial charge in [-0.25, -0.2) is 4.79 Å². The summed E-state index contributed by atoms with van der Waals surface area (Å²) >= 11 is 0. The summed E-state index contributed by atoms with van der Waals surface area (Å²) in [7, 11) is 0. The summed E-state index contributed by atoms with van der Waals surface area (Å²) in [6.45, 7) is 3.12. The fourth-order valence-electron chi connectivity index (χ4n) is 2.92. The second-order valence-corrected chi connectivity index (χ2v) is 5.42. The number of benzene rings is 1. The highest BCUT2D eigenvalue weighted by Crippen LogP contribution is 2.41. The van der Waals surface area contributed by atoms with Crippen molar-refractivity contribution in [1.29, 1.82) is 0 Å². The Morgan fingerprint density at radius 3 is 2.56 bits per heavy atom. The molecule has 2 unspecified atom stereocenters. The topological polar surface area (TPSA) is 142 Å². The third kappa shape index (κ3) is 3.35. The van der Waals surface area contributed by atoms with E-state index in [2.05, 4.69) is 5.32 Å². The Balaban J connectivity index is 2.75. The molecular formula is C16H17N3O6. The summed E-state index contributed by atoms with van der Waals surface area (Å²) in [6.07, 6.45) is 0. The Hall–Kier alpha value is -3.23. The number of primary amides is 1. The van der Waals surface area contributed by atoms with Gasteiger partial charge in [-0.1, -0.05) is 18.2 Å². The van der Waals surface area contributed by atoms with Gasteiger partial charge in [0, 0.05) is 23.2 Å². The van der Waals surface area contributed by atoms with Gasteiger partial charge >= 0.3 is 5.97 Å². The summed E-state index contributed by atoms with van der Waals surface area (Å²) in [5.41, 5.74) is 5.22. The summed E-state index contributed by atoms with van der Waals surface area (Å²) in [6, 6.07) is 5.59.